The third-order valence-corrected chi connectivity index (χ3v) is 2.54. The van der Waals surface area contributed by atoms with Gasteiger partial charge in [0.15, 0.2) is 0 Å². The van der Waals surface area contributed by atoms with Crippen LogP contribution in [0.1, 0.15) is 37.0 Å². The molecule has 2 N–H and O–H groups in total. The zero-order valence-corrected chi connectivity index (χ0v) is 9.09. The van der Waals surface area contributed by atoms with Crippen LogP contribution in [0.3, 0.4) is 0 Å². The lowest BCUT2D eigenvalue weighted by Crippen LogP contribution is -1.95. The van der Waals surface area contributed by atoms with Gasteiger partial charge in [-0.15, -0.1) is 0 Å². The molecule has 1 aromatic carbocycles. The van der Waals surface area contributed by atoms with E-state index >= 15 is 0 Å². The first-order valence-corrected chi connectivity index (χ1v) is 5.15. The smallest absolute Gasteiger partial charge is 0.122 e. The molecule has 0 spiro atoms. The topological polar surface area (TPSA) is 40.5 Å². The molecule has 2 heteroatoms. The van der Waals surface area contributed by atoms with Crippen molar-refractivity contribution in [1.82, 2.24) is 0 Å². The van der Waals surface area contributed by atoms with Crippen molar-refractivity contribution in [2.24, 2.45) is 0 Å². The first-order chi connectivity index (χ1) is 6.61. The van der Waals surface area contributed by atoms with Gasteiger partial charge in [0.05, 0.1) is 0 Å². The van der Waals surface area contributed by atoms with Crippen molar-refractivity contribution in [3.05, 3.63) is 22.8 Å². The maximum Gasteiger partial charge on any atom is 0.122 e. The Hall–Kier alpha value is -1.18. The van der Waals surface area contributed by atoms with E-state index in [1.54, 1.807) is 6.07 Å². The van der Waals surface area contributed by atoms with Gasteiger partial charge in [0.1, 0.15) is 11.5 Å². The Labute approximate surface area is 85.2 Å². The molecule has 0 saturated heterocycles. The van der Waals surface area contributed by atoms with E-state index in [1.807, 2.05) is 13.8 Å². The normalized spacial score (nSPS) is 10.5. The summed E-state index contributed by atoms with van der Waals surface area (Å²) in [5, 5.41) is 19.6. The summed E-state index contributed by atoms with van der Waals surface area (Å²) in [5.41, 5.74) is 2.54. The van der Waals surface area contributed by atoms with Gasteiger partial charge in [0.2, 0.25) is 0 Å². The second-order valence-electron chi connectivity index (χ2n) is 3.62. The molecular formula is C12H18O2. The van der Waals surface area contributed by atoms with E-state index in [-0.39, 0.29) is 0 Å². The second kappa shape index (κ2) is 4.36. The molecule has 0 unspecified atom stereocenters. The number of benzene rings is 1. The average Bonchev–Trinajstić information content (AvgIpc) is 2.15. The van der Waals surface area contributed by atoms with Crippen molar-refractivity contribution >= 4 is 0 Å². The van der Waals surface area contributed by atoms with Crippen LogP contribution in [0.5, 0.6) is 11.5 Å². The van der Waals surface area contributed by atoms with Crippen LogP contribution >= 0.6 is 0 Å². The number of hydrogen-bond donors (Lipinski definition) is 2. The molecule has 0 aliphatic carbocycles. The van der Waals surface area contributed by atoms with Gasteiger partial charge in [-0.25, -0.2) is 0 Å². The van der Waals surface area contributed by atoms with Crippen LogP contribution in [0.4, 0.5) is 0 Å². The maximum absolute atomic E-state index is 9.82. The Bertz CT molecular complexity index is 330. The van der Waals surface area contributed by atoms with E-state index in [0.717, 1.165) is 36.0 Å². The maximum atomic E-state index is 9.82. The Morgan fingerprint density at radius 2 is 1.79 bits per heavy atom. The molecule has 14 heavy (non-hydrogen) atoms. The minimum Gasteiger partial charge on any atom is -0.508 e. The van der Waals surface area contributed by atoms with Gasteiger partial charge < -0.3 is 10.2 Å². The standard InChI is InChI=1S/C12H18O2/c1-4-6-10-9(5-2)12(14)8(3)7-11(10)13/h7,13-14H,4-6H2,1-3H3. The fourth-order valence-electron chi connectivity index (χ4n) is 1.81. The monoisotopic (exact) mass is 194 g/mol. The van der Waals surface area contributed by atoms with E-state index in [1.165, 1.54) is 0 Å². The zero-order chi connectivity index (χ0) is 10.7. The Morgan fingerprint density at radius 3 is 2.29 bits per heavy atom. The summed E-state index contributed by atoms with van der Waals surface area (Å²) in [6, 6.07) is 1.64. The third-order valence-electron chi connectivity index (χ3n) is 2.54. The average molecular weight is 194 g/mol. The number of hydrogen-bond acceptors (Lipinski definition) is 2. The van der Waals surface area contributed by atoms with Crippen molar-refractivity contribution in [3.63, 3.8) is 0 Å². The van der Waals surface area contributed by atoms with Gasteiger partial charge in [0, 0.05) is 11.1 Å². The van der Waals surface area contributed by atoms with Crippen LogP contribution in [0, 0.1) is 6.92 Å². The first-order valence-electron chi connectivity index (χ1n) is 5.15. The Kier molecular flexibility index (Phi) is 3.39. The lowest BCUT2D eigenvalue weighted by atomic mass is 9.96. The van der Waals surface area contributed by atoms with E-state index < -0.39 is 0 Å². The fraction of sp³-hybridized carbons (Fsp3) is 0.500. The second-order valence-corrected chi connectivity index (χ2v) is 3.62. The molecule has 78 valence electrons. The van der Waals surface area contributed by atoms with E-state index in [4.69, 9.17) is 0 Å². The van der Waals surface area contributed by atoms with E-state index in [2.05, 4.69) is 6.92 Å². The highest BCUT2D eigenvalue weighted by molar-refractivity contribution is 5.52. The highest BCUT2D eigenvalue weighted by atomic mass is 16.3. The molecule has 0 aliphatic heterocycles. The Morgan fingerprint density at radius 1 is 1.14 bits per heavy atom. The number of aromatic hydroxyl groups is 2. The summed E-state index contributed by atoms with van der Waals surface area (Å²) < 4.78 is 0. The van der Waals surface area contributed by atoms with Crippen LogP contribution in [0.15, 0.2) is 6.07 Å². The van der Waals surface area contributed by atoms with Crippen LogP contribution in [0.2, 0.25) is 0 Å². The van der Waals surface area contributed by atoms with Crippen molar-refractivity contribution in [2.45, 2.75) is 40.0 Å². The van der Waals surface area contributed by atoms with Gasteiger partial charge in [-0.2, -0.15) is 0 Å². The molecule has 0 atom stereocenters. The van der Waals surface area contributed by atoms with Gasteiger partial charge >= 0.3 is 0 Å². The third kappa shape index (κ3) is 1.84. The Balaban J connectivity index is 3.31. The SMILES string of the molecule is CCCc1c(O)cc(C)c(O)c1CC. The molecule has 1 aromatic rings. The lowest BCUT2D eigenvalue weighted by Gasteiger charge is -2.13. The fourth-order valence-corrected chi connectivity index (χ4v) is 1.81. The number of phenols is 2. The predicted molar refractivity (Wildman–Crippen MR) is 57.9 cm³/mol. The zero-order valence-electron chi connectivity index (χ0n) is 9.09. The van der Waals surface area contributed by atoms with Crippen molar-refractivity contribution < 1.29 is 10.2 Å². The molecule has 0 aliphatic rings. The van der Waals surface area contributed by atoms with Crippen molar-refractivity contribution in [1.29, 1.82) is 0 Å². The van der Waals surface area contributed by atoms with Crippen molar-refractivity contribution in [3.8, 4) is 11.5 Å². The summed E-state index contributed by atoms with van der Waals surface area (Å²) >= 11 is 0. The van der Waals surface area contributed by atoms with Gasteiger partial charge in [-0.3, -0.25) is 0 Å². The molecule has 1 rings (SSSR count). The van der Waals surface area contributed by atoms with Gasteiger partial charge in [-0.1, -0.05) is 20.3 Å². The van der Waals surface area contributed by atoms with E-state index in [9.17, 15) is 10.2 Å². The minimum atomic E-state index is 0.319. The predicted octanol–water partition coefficient (Wildman–Crippen LogP) is 2.92. The summed E-state index contributed by atoms with van der Waals surface area (Å²) in [6.45, 7) is 5.87. The van der Waals surface area contributed by atoms with Crippen LogP contribution in [-0.4, -0.2) is 10.2 Å². The minimum absolute atomic E-state index is 0.319. The highest BCUT2D eigenvalue weighted by Gasteiger charge is 2.12. The number of phenolic OH excluding ortho intramolecular Hbond substituents is 2. The van der Waals surface area contributed by atoms with Crippen LogP contribution in [0.25, 0.3) is 0 Å². The van der Waals surface area contributed by atoms with Gasteiger partial charge in [0.25, 0.3) is 0 Å². The highest BCUT2D eigenvalue weighted by Crippen LogP contribution is 2.33. The van der Waals surface area contributed by atoms with Gasteiger partial charge in [-0.05, 0) is 31.4 Å². The molecule has 0 fully saturated rings. The van der Waals surface area contributed by atoms with Crippen LogP contribution < -0.4 is 0 Å². The van der Waals surface area contributed by atoms with Crippen LogP contribution in [-0.2, 0) is 12.8 Å². The molecule has 0 saturated carbocycles. The molecule has 2 nitrogen and oxygen atoms in total. The summed E-state index contributed by atoms with van der Waals surface area (Å²) in [7, 11) is 0. The molecular weight excluding hydrogens is 176 g/mol. The number of aryl methyl sites for hydroxylation is 1. The molecule has 0 radical (unpaired) electrons. The lowest BCUT2D eigenvalue weighted by molar-refractivity contribution is 0.444. The molecule has 0 heterocycles. The molecule has 0 aromatic heterocycles. The molecule has 0 bridgehead atoms. The van der Waals surface area contributed by atoms with E-state index in [0.29, 0.717) is 11.5 Å². The summed E-state index contributed by atoms with van der Waals surface area (Å²) in [5.74, 6) is 0.660. The molecule has 0 amide bonds. The number of rotatable bonds is 3. The quantitative estimate of drug-likeness (QED) is 0.726. The van der Waals surface area contributed by atoms with Crippen molar-refractivity contribution in [2.75, 3.05) is 0 Å². The largest absolute Gasteiger partial charge is 0.508 e. The summed E-state index contributed by atoms with van der Waals surface area (Å²) in [4.78, 5) is 0. The summed E-state index contributed by atoms with van der Waals surface area (Å²) in [6.07, 6.45) is 2.56. The first kappa shape index (κ1) is 10.9.